The van der Waals surface area contributed by atoms with Crippen molar-refractivity contribution in [3.63, 3.8) is 0 Å². The quantitative estimate of drug-likeness (QED) is 0.627. The van der Waals surface area contributed by atoms with Crippen LogP contribution in [0, 0.1) is 0 Å². The van der Waals surface area contributed by atoms with Gasteiger partial charge in [0.2, 0.25) is 0 Å². The van der Waals surface area contributed by atoms with Gasteiger partial charge in [-0.2, -0.15) is 0 Å². The zero-order chi connectivity index (χ0) is 11.5. The van der Waals surface area contributed by atoms with Gasteiger partial charge in [-0.25, -0.2) is 8.42 Å². The predicted molar refractivity (Wildman–Crippen MR) is 62.9 cm³/mol. The van der Waals surface area contributed by atoms with Gasteiger partial charge >= 0.3 is 0 Å². The lowest BCUT2D eigenvalue weighted by Gasteiger charge is -2.11. The minimum absolute atomic E-state index is 0.526. The molecule has 4 heteroatoms. The highest BCUT2D eigenvalue weighted by molar-refractivity contribution is 7.94. The van der Waals surface area contributed by atoms with Gasteiger partial charge in [-0.3, -0.25) is 0 Å². The van der Waals surface area contributed by atoms with Crippen molar-refractivity contribution in [2.75, 3.05) is 5.73 Å². The normalized spacial score (nSPS) is 13.1. The molecule has 0 radical (unpaired) electrons. The van der Waals surface area contributed by atoms with Gasteiger partial charge in [0.05, 0.1) is 0 Å². The predicted octanol–water partition coefficient (Wildman–Crippen LogP) is 2.05. The van der Waals surface area contributed by atoms with E-state index in [1.54, 1.807) is 24.3 Å². The number of anilines is 1. The number of benzene rings is 1. The molecular weight excluding hydrogens is 210 g/mol. The van der Waals surface area contributed by atoms with E-state index in [9.17, 15) is 8.42 Å². The molecular formula is C11H13NO2S. The molecule has 0 heterocycles. The second kappa shape index (κ2) is 4.31. The van der Waals surface area contributed by atoms with E-state index in [0.29, 0.717) is 11.3 Å². The zero-order valence-electron chi connectivity index (χ0n) is 8.26. The Kier molecular flexibility index (Phi) is 3.31. The number of hydrogen-bond acceptors (Lipinski definition) is 3. The Balaban J connectivity index is 3.26. The number of hydrogen-bond donors (Lipinski definition) is 1. The van der Waals surface area contributed by atoms with Gasteiger partial charge in [-0.05, 0) is 17.7 Å². The number of rotatable bonds is 4. The highest BCUT2D eigenvalue weighted by atomic mass is 32.2. The summed E-state index contributed by atoms with van der Waals surface area (Å²) in [7, 11) is -3.39. The Bertz CT molecular complexity index is 477. The van der Waals surface area contributed by atoms with E-state index in [4.69, 9.17) is 5.73 Å². The molecule has 3 nitrogen and oxygen atoms in total. The molecule has 1 aromatic carbocycles. The third kappa shape index (κ3) is 2.47. The highest BCUT2D eigenvalue weighted by Crippen LogP contribution is 2.25. The summed E-state index contributed by atoms with van der Waals surface area (Å²) in [4.78, 5) is 0. The van der Waals surface area contributed by atoms with E-state index in [2.05, 4.69) is 13.2 Å². The highest BCUT2D eigenvalue weighted by Gasteiger charge is 2.20. The molecule has 0 amide bonds. The van der Waals surface area contributed by atoms with E-state index < -0.39 is 15.1 Å². The van der Waals surface area contributed by atoms with E-state index in [-0.39, 0.29) is 0 Å². The monoisotopic (exact) mass is 223 g/mol. The first kappa shape index (κ1) is 11.5. The maximum Gasteiger partial charge on any atom is 0.181 e. The Labute approximate surface area is 89.8 Å². The molecule has 2 N–H and O–H groups in total. The van der Waals surface area contributed by atoms with Crippen molar-refractivity contribution in [3.05, 3.63) is 54.5 Å². The summed E-state index contributed by atoms with van der Waals surface area (Å²) < 4.78 is 23.2. The molecule has 0 spiro atoms. The third-order valence-corrected chi connectivity index (χ3v) is 3.68. The lowest BCUT2D eigenvalue weighted by molar-refractivity contribution is 0.599. The van der Waals surface area contributed by atoms with Crippen LogP contribution >= 0.6 is 0 Å². The summed E-state index contributed by atoms with van der Waals surface area (Å²) in [5, 5.41) is 0.154. The summed E-state index contributed by atoms with van der Waals surface area (Å²) in [6, 6.07) is 6.72. The second-order valence-corrected chi connectivity index (χ2v) is 5.10. The molecule has 1 unspecified atom stereocenters. The van der Waals surface area contributed by atoms with E-state index in [1.807, 2.05) is 0 Å². The van der Waals surface area contributed by atoms with Crippen molar-refractivity contribution in [1.29, 1.82) is 0 Å². The van der Waals surface area contributed by atoms with Crippen LogP contribution in [0.2, 0.25) is 0 Å². The summed E-state index contributed by atoms with van der Waals surface area (Å²) >= 11 is 0. The molecule has 0 aliphatic heterocycles. The largest absolute Gasteiger partial charge is 0.399 e. The van der Waals surface area contributed by atoms with Crippen LogP contribution in [-0.4, -0.2) is 8.42 Å². The molecule has 0 aliphatic rings. The van der Waals surface area contributed by atoms with Crippen molar-refractivity contribution in [2.45, 2.75) is 5.25 Å². The molecule has 0 aromatic heterocycles. The summed E-state index contributed by atoms with van der Waals surface area (Å²) in [5.74, 6) is 0. The van der Waals surface area contributed by atoms with Crippen LogP contribution in [0.5, 0.6) is 0 Å². The number of nitrogen functional groups attached to an aromatic ring is 1. The second-order valence-electron chi connectivity index (χ2n) is 3.08. The molecule has 0 bridgehead atoms. The Morgan fingerprint density at radius 2 is 2.00 bits per heavy atom. The van der Waals surface area contributed by atoms with Crippen LogP contribution in [0.25, 0.3) is 0 Å². The van der Waals surface area contributed by atoms with Crippen molar-refractivity contribution in [2.24, 2.45) is 0 Å². The lowest BCUT2D eigenvalue weighted by Crippen LogP contribution is -2.08. The average Bonchev–Trinajstić information content (AvgIpc) is 2.18. The van der Waals surface area contributed by atoms with Crippen molar-refractivity contribution in [1.82, 2.24) is 0 Å². The number of sulfone groups is 1. The molecule has 1 atom stereocenters. The topological polar surface area (TPSA) is 60.2 Å². The first-order valence-electron chi connectivity index (χ1n) is 4.35. The van der Waals surface area contributed by atoms with Gasteiger partial charge < -0.3 is 5.73 Å². The molecule has 1 aromatic rings. The molecule has 0 saturated heterocycles. The fourth-order valence-electron chi connectivity index (χ4n) is 1.30. The molecule has 80 valence electrons. The summed E-state index contributed by atoms with van der Waals surface area (Å²) in [5.41, 5.74) is 6.71. The van der Waals surface area contributed by atoms with Crippen molar-refractivity contribution < 1.29 is 8.42 Å². The molecule has 15 heavy (non-hydrogen) atoms. The third-order valence-electron chi connectivity index (χ3n) is 2.04. The van der Waals surface area contributed by atoms with Crippen LogP contribution in [0.4, 0.5) is 5.69 Å². The molecule has 1 rings (SSSR count). The van der Waals surface area contributed by atoms with Gasteiger partial charge in [-0.15, -0.1) is 6.58 Å². The maximum absolute atomic E-state index is 11.6. The van der Waals surface area contributed by atoms with Crippen LogP contribution in [0.15, 0.2) is 48.9 Å². The van der Waals surface area contributed by atoms with Gasteiger partial charge in [0.1, 0.15) is 5.25 Å². The van der Waals surface area contributed by atoms with Gasteiger partial charge in [-0.1, -0.05) is 24.8 Å². The lowest BCUT2D eigenvalue weighted by atomic mass is 10.1. The van der Waals surface area contributed by atoms with Crippen LogP contribution < -0.4 is 5.73 Å². The van der Waals surface area contributed by atoms with Gasteiger partial charge in [0, 0.05) is 11.1 Å². The van der Waals surface area contributed by atoms with E-state index in [1.165, 1.54) is 6.08 Å². The fraction of sp³-hybridized carbons (Fsp3) is 0.0909. The van der Waals surface area contributed by atoms with Crippen LogP contribution in [0.3, 0.4) is 0 Å². The summed E-state index contributed by atoms with van der Waals surface area (Å²) in [6.07, 6.45) is 1.37. The first-order valence-corrected chi connectivity index (χ1v) is 5.96. The van der Waals surface area contributed by atoms with Gasteiger partial charge in [0.25, 0.3) is 0 Å². The van der Waals surface area contributed by atoms with Crippen LogP contribution in [0.1, 0.15) is 10.8 Å². The van der Waals surface area contributed by atoms with E-state index >= 15 is 0 Å². The minimum Gasteiger partial charge on any atom is -0.399 e. The molecule has 0 aliphatic carbocycles. The number of nitrogens with two attached hydrogens (primary N) is 1. The first-order chi connectivity index (χ1) is 7.01. The smallest absolute Gasteiger partial charge is 0.181 e. The fourth-order valence-corrected chi connectivity index (χ4v) is 2.30. The Morgan fingerprint density at radius 1 is 1.33 bits per heavy atom. The zero-order valence-corrected chi connectivity index (χ0v) is 9.07. The van der Waals surface area contributed by atoms with Gasteiger partial charge in [0.15, 0.2) is 9.84 Å². The van der Waals surface area contributed by atoms with E-state index in [0.717, 1.165) is 5.41 Å². The summed E-state index contributed by atoms with van der Waals surface area (Å²) in [6.45, 7) is 6.80. The Hall–Kier alpha value is -1.55. The molecule has 0 saturated carbocycles. The van der Waals surface area contributed by atoms with Crippen molar-refractivity contribution in [3.8, 4) is 0 Å². The Morgan fingerprint density at radius 3 is 2.47 bits per heavy atom. The standard InChI is InChI=1S/C11H13NO2S/c1-3-11(15(13,14)4-2)9-6-5-7-10(12)8-9/h3-8,11H,1-2,12H2. The minimum atomic E-state index is -3.39. The molecule has 0 fully saturated rings. The maximum atomic E-state index is 11.6. The average molecular weight is 223 g/mol. The SMILES string of the molecule is C=CC(c1cccc(N)c1)S(=O)(=O)C=C. The van der Waals surface area contributed by atoms with Crippen LogP contribution in [-0.2, 0) is 9.84 Å². The van der Waals surface area contributed by atoms with Crippen molar-refractivity contribution >= 4 is 15.5 Å².